The van der Waals surface area contributed by atoms with E-state index in [0.29, 0.717) is 19.5 Å². The standard InChI is InChI=1S/C10H19NO4S/c1-8(2)9(10(12)13)11-4-3-6-16(14,15)7-5-11/h8-9H,3-7H2,1-2H3,(H,12,13). The van der Waals surface area contributed by atoms with Crippen LogP contribution in [0, 0.1) is 5.92 Å². The van der Waals surface area contributed by atoms with Gasteiger partial charge in [0.1, 0.15) is 6.04 Å². The maximum absolute atomic E-state index is 11.4. The minimum Gasteiger partial charge on any atom is -0.480 e. The van der Waals surface area contributed by atoms with Crippen molar-refractivity contribution in [3.8, 4) is 0 Å². The molecule has 1 aliphatic heterocycles. The minimum absolute atomic E-state index is 0.0155. The van der Waals surface area contributed by atoms with Crippen LogP contribution in [0.5, 0.6) is 0 Å². The predicted octanol–water partition coefficient (Wildman–Crippen LogP) is 0.216. The van der Waals surface area contributed by atoms with Crippen LogP contribution in [0.2, 0.25) is 0 Å². The van der Waals surface area contributed by atoms with Gasteiger partial charge in [-0.1, -0.05) is 13.8 Å². The Bertz CT molecular complexity index is 350. The smallest absolute Gasteiger partial charge is 0.321 e. The van der Waals surface area contributed by atoms with E-state index >= 15 is 0 Å². The molecule has 0 aliphatic carbocycles. The summed E-state index contributed by atoms with van der Waals surface area (Å²) in [6.07, 6.45) is 0.527. The molecule has 0 amide bonds. The van der Waals surface area contributed by atoms with Crippen molar-refractivity contribution in [2.75, 3.05) is 24.6 Å². The maximum Gasteiger partial charge on any atom is 0.321 e. The molecule has 1 atom stereocenters. The summed E-state index contributed by atoms with van der Waals surface area (Å²) in [6.45, 7) is 4.57. The normalized spacial score (nSPS) is 23.9. The number of hydrogen-bond donors (Lipinski definition) is 1. The van der Waals surface area contributed by atoms with E-state index < -0.39 is 21.8 Å². The van der Waals surface area contributed by atoms with Crippen LogP contribution in [-0.4, -0.2) is 55.0 Å². The van der Waals surface area contributed by atoms with Crippen LogP contribution in [0.4, 0.5) is 0 Å². The Hall–Kier alpha value is -0.620. The van der Waals surface area contributed by atoms with Crippen LogP contribution < -0.4 is 0 Å². The lowest BCUT2D eigenvalue weighted by Crippen LogP contribution is -2.46. The fourth-order valence-electron chi connectivity index (χ4n) is 2.10. The molecular formula is C10H19NO4S. The third-order valence-electron chi connectivity index (χ3n) is 2.87. The monoisotopic (exact) mass is 249 g/mol. The van der Waals surface area contributed by atoms with Crippen LogP contribution in [-0.2, 0) is 14.6 Å². The zero-order chi connectivity index (χ0) is 12.3. The topological polar surface area (TPSA) is 74.7 Å². The van der Waals surface area contributed by atoms with Gasteiger partial charge in [0.2, 0.25) is 0 Å². The average Bonchev–Trinajstić information content (AvgIpc) is 2.27. The number of carboxylic acids is 1. The van der Waals surface area contributed by atoms with Crippen LogP contribution in [0.1, 0.15) is 20.3 Å². The molecule has 1 unspecified atom stereocenters. The molecule has 0 aromatic carbocycles. The molecule has 94 valence electrons. The second-order valence-corrected chi connectivity index (χ2v) is 6.87. The van der Waals surface area contributed by atoms with Gasteiger partial charge in [-0.2, -0.15) is 0 Å². The number of aliphatic carboxylic acids is 1. The van der Waals surface area contributed by atoms with Gasteiger partial charge in [-0.05, 0) is 18.9 Å². The molecule has 0 spiro atoms. The summed E-state index contributed by atoms with van der Waals surface area (Å²) >= 11 is 0. The highest BCUT2D eigenvalue weighted by Crippen LogP contribution is 2.15. The predicted molar refractivity (Wildman–Crippen MR) is 61.1 cm³/mol. The van der Waals surface area contributed by atoms with E-state index in [9.17, 15) is 13.2 Å². The van der Waals surface area contributed by atoms with Crippen molar-refractivity contribution in [1.82, 2.24) is 4.90 Å². The van der Waals surface area contributed by atoms with Gasteiger partial charge in [0.05, 0.1) is 11.5 Å². The van der Waals surface area contributed by atoms with Gasteiger partial charge >= 0.3 is 5.97 Å². The molecule has 0 aromatic heterocycles. The van der Waals surface area contributed by atoms with Crippen molar-refractivity contribution in [3.05, 3.63) is 0 Å². The van der Waals surface area contributed by atoms with Crippen LogP contribution in [0.3, 0.4) is 0 Å². The average molecular weight is 249 g/mol. The summed E-state index contributed by atoms with van der Waals surface area (Å²) in [5, 5.41) is 9.13. The van der Waals surface area contributed by atoms with E-state index in [1.807, 2.05) is 13.8 Å². The summed E-state index contributed by atoms with van der Waals surface area (Å²) < 4.78 is 22.8. The first-order chi connectivity index (χ1) is 7.33. The van der Waals surface area contributed by atoms with Crippen molar-refractivity contribution >= 4 is 15.8 Å². The molecule has 1 fully saturated rings. The number of nitrogens with zero attached hydrogens (tertiary/aromatic N) is 1. The Kier molecular flexibility index (Phi) is 4.32. The highest BCUT2D eigenvalue weighted by molar-refractivity contribution is 7.91. The lowest BCUT2D eigenvalue weighted by atomic mass is 10.0. The first-order valence-electron chi connectivity index (χ1n) is 5.51. The molecule has 0 bridgehead atoms. The fraction of sp³-hybridized carbons (Fsp3) is 0.900. The SMILES string of the molecule is CC(C)C(C(=O)O)N1CCCS(=O)(=O)CC1. The van der Waals surface area contributed by atoms with Crippen molar-refractivity contribution < 1.29 is 18.3 Å². The Labute approximate surface area is 96.4 Å². The Balaban J connectivity index is 2.76. The molecule has 16 heavy (non-hydrogen) atoms. The molecule has 1 rings (SSSR count). The number of hydrogen-bond acceptors (Lipinski definition) is 4. The molecule has 0 saturated carbocycles. The van der Waals surface area contributed by atoms with Crippen molar-refractivity contribution in [1.29, 1.82) is 0 Å². The van der Waals surface area contributed by atoms with E-state index in [0.717, 1.165) is 0 Å². The Morgan fingerprint density at radius 2 is 1.88 bits per heavy atom. The van der Waals surface area contributed by atoms with Gasteiger partial charge in [0, 0.05) is 6.54 Å². The third kappa shape index (κ3) is 3.45. The molecule has 1 N–H and O–H groups in total. The number of carboxylic acid groups (broad SMARTS) is 1. The largest absolute Gasteiger partial charge is 0.480 e. The van der Waals surface area contributed by atoms with Crippen LogP contribution >= 0.6 is 0 Å². The van der Waals surface area contributed by atoms with Crippen LogP contribution in [0.25, 0.3) is 0 Å². The van der Waals surface area contributed by atoms with Crippen LogP contribution in [0.15, 0.2) is 0 Å². The summed E-state index contributed by atoms with van der Waals surface area (Å²) in [5.41, 5.74) is 0. The second kappa shape index (κ2) is 5.14. The van der Waals surface area contributed by atoms with E-state index in [-0.39, 0.29) is 17.4 Å². The zero-order valence-electron chi connectivity index (χ0n) is 9.72. The zero-order valence-corrected chi connectivity index (χ0v) is 10.5. The van der Waals surface area contributed by atoms with Gasteiger partial charge in [0.25, 0.3) is 0 Å². The molecule has 1 aliphatic rings. The van der Waals surface area contributed by atoms with E-state index in [1.165, 1.54) is 0 Å². The van der Waals surface area contributed by atoms with E-state index in [2.05, 4.69) is 0 Å². The molecular weight excluding hydrogens is 230 g/mol. The fourth-order valence-corrected chi connectivity index (χ4v) is 3.38. The maximum atomic E-state index is 11.4. The van der Waals surface area contributed by atoms with Gasteiger partial charge in [0.15, 0.2) is 9.84 Å². The highest BCUT2D eigenvalue weighted by atomic mass is 32.2. The van der Waals surface area contributed by atoms with Crippen molar-refractivity contribution in [2.45, 2.75) is 26.3 Å². The van der Waals surface area contributed by atoms with Gasteiger partial charge in [-0.3, -0.25) is 9.69 Å². The highest BCUT2D eigenvalue weighted by Gasteiger charge is 2.31. The number of carbonyl (C=O) groups is 1. The summed E-state index contributed by atoms with van der Waals surface area (Å²) in [4.78, 5) is 12.9. The van der Waals surface area contributed by atoms with Crippen molar-refractivity contribution in [2.24, 2.45) is 5.92 Å². The molecule has 5 nitrogen and oxygen atoms in total. The minimum atomic E-state index is -2.97. The lowest BCUT2D eigenvalue weighted by molar-refractivity contribution is -0.145. The Morgan fingerprint density at radius 3 is 2.38 bits per heavy atom. The third-order valence-corrected chi connectivity index (χ3v) is 4.58. The quantitative estimate of drug-likeness (QED) is 0.774. The first kappa shape index (κ1) is 13.4. The lowest BCUT2D eigenvalue weighted by Gasteiger charge is -2.29. The number of rotatable bonds is 3. The molecule has 0 radical (unpaired) electrons. The molecule has 0 aromatic rings. The molecule has 1 heterocycles. The summed E-state index contributed by atoms with van der Waals surface area (Å²) in [6, 6.07) is -0.576. The second-order valence-electron chi connectivity index (χ2n) is 4.57. The van der Waals surface area contributed by atoms with Gasteiger partial charge in [-0.15, -0.1) is 0 Å². The van der Waals surface area contributed by atoms with Crippen molar-refractivity contribution in [3.63, 3.8) is 0 Å². The first-order valence-corrected chi connectivity index (χ1v) is 7.33. The Morgan fingerprint density at radius 1 is 1.25 bits per heavy atom. The van der Waals surface area contributed by atoms with E-state index in [1.54, 1.807) is 4.90 Å². The molecule has 1 saturated heterocycles. The van der Waals surface area contributed by atoms with Gasteiger partial charge in [-0.25, -0.2) is 8.42 Å². The molecule has 6 heteroatoms. The summed E-state index contributed by atoms with van der Waals surface area (Å²) in [7, 11) is -2.97. The number of sulfone groups is 1. The summed E-state index contributed by atoms with van der Waals surface area (Å²) in [5.74, 6) is -0.634. The van der Waals surface area contributed by atoms with Gasteiger partial charge < -0.3 is 5.11 Å². The van der Waals surface area contributed by atoms with E-state index in [4.69, 9.17) is 5.11 Å².